The lowest BCUT2D eigenvalue weighted by molar-refractivity contribution is -0.111. The first-order valence-electron chi connectivity index (χ1n) is 11.4. The molecule has 0 radical (unpaired) electrons. The molecule has 1 heterocycles. The number of hydrogen-bond acceptors (Lipinski definition) is 3. The zero-order valence-electron chi connectivity index (χ0n) is 19.3. The summed E-state index contributed by atoms with van der Waals surface area (Å²) in [6.07, 6.45) is 1.92. The Morgan fingerprint density at radius 3 is 2.17 bits per heavy atom. The minimum Gasteiger partial charge on any atom is -0.322 e. The molecule has 0 bridgehead atoms. The number of benzene rings is 4. The molecule has 5 rings (SSSR count). The normalized spacial score (nSPS) is 11.3. The smallest absolute Gasteiger partial charge is 0.256 e. The first-order valence-corrected chi connectivity index (χ1v) is 12.3. The largest absolute Gasteiger partial charge is 0.322 e. The van der Waals surface area contributed by atoms with Crippen molar-refractivity contribution in [2.75, 3.05) is 5.32 Å². The molecule has 0 saturated heterocycles. The van der Waals surface area contributed by atoms with Crippen molar-refractivity contribution in [1.82, 2.24) is 4.98 Å². The molecule has 35 heavy (non-hydrogen) atoms. The summed E-state index contributed by atoms with van der Waals surface area (Å²) in [5.41, 5.74) is 7.52. The van der Waals surface area contributed by atoms with Crippen LogP contribution in [0.5, 0.6) is 0 Å². The van der Waals surface area contributed by atoms with Crippen molar-refractivity contribution in [2.24, 2.45) is 0 Å². The summed E-state index contributed by atoms with van der Waals surface area (Å²) >= 11 is 1.64. The Kier molecular flexibility index (Phi) is 6.64. The van der Waals surface area contributed by atoms with Gasteiger partial charge in [-0.05, 0) is 41.8 Å². The van der Waals surface area contributed by atoms with Crippen LogP contribution >= 0.6 is 11.3 Å². The van der Waals surface area contributed by atoms with Crippen molar-refractivity contribution in [3.05, 3.63) is 131 Å². The van der Waals surface area contributed by atoms with Gasteiger partial charge in [0, 0.05) is 27.8 Å². The van der Waals surface area contributed by atoms with Crippen LogP contribution in [0.4, 0.5) is 5.69 Å². The van der Waals surface area contributed by atoms with Gasteiger partial charge in [0.2, 0.25) is 0 Å². The Morgan fingerprint density at radius 1 is 0.800 bits per heavy atom. The number of nitrogens with zero attached hydrogens (tertiary/aromatic N) is 1. The van der Waals surface area contributed by atoms with Crippen LogP contribution in [-0.2, 0) is 4.79 Å². The van der Waals surface area contributed by atoms with E-state index < -0.39 is 0 Å². The van der Waals surface area contributed by atoms with Crippen molar-refractivity contribution >= 4 is 34.6 Å². The fourth-order valence-electron chi connectivity index (χ4n) is 3.88. The number of rotatable bonds is 6. The number of nitrogens with one attached hydrogen (secondary N) is 1. The Balaban J connectivity index is 1.36. The van der Waals surface area contributed by atoms with Crippen molar-refractivity contribution in [3.63, 3.8) is 0 Å². The lowest BCUT2D eigenvalue weighted by atomic mass is 10.0. The number of hydrogen-bond donors (Lipinski definition) is 1. The Hall–Kier alpha value is -4.28. The molecule has 4 aromatic carbocycles. The first kappa shape index (κ1) is 22.5. The molecule has 0 aliphatic rings. The average Bonchev–Trinajstić information content (AvgIpc) is 3.39. The summed E-state index contributed by atoms with van der Waals surface area (Å²) in [6.45, 7) is 2.10. The fourth-order valence-corrected chi connectivity index (χ4v) is 4.80. The molecular formula is C31H24N2OS. The number of aryl methyl sites for hydroxylation is 1. The maximum Gasteiger partial charge on any atom is 0.256 e. The van der Waals surface area contributed by atoms with E-state index in [4.69, 9.17) is 4.98 Å². The van der Waals surface area contributed by atoms with Crippen molar-refractivity contribution < 1.29 is 4.79 Å². The van der Waals surface area contributed by atoms with Crippen LogP contribution in [0, 0.1) is 6.92 Å². The molecule has 3 nitrogen and oxygen atoms in total. The standard InChI is InChI=1S/C31H24N2OS/c1-22-10-8-9-15-27(22)31-33-29(21-35-31)25-16-18-26(19-17-25)32-30(34)28(24-13-6-3-7-14-24)20-23-11-4-2-5-12-23/h2-21H,1H3,(H,32,34)/b28-20-. The Morgan fingerprint density at radius 2 is 1.46 bits per heavy atom. The van der Waals surface area contributed by atoms with Gasteiger partial charge in [-0.2, -0.15) is 0 Å². The van der Waals surface area contributed by atoms with Crippen molar-refractivity contribution in [2.45, 2.75) is 6.92 Å². The molecule has 0 spiro atoms. The summed E-state index contributed by atoms with van der Waals surface area (Å²) < 4.78 is 0. The lowest BCUT2D eigenvalue weighted by Gasteiger charge is -2.10. The van der Waals surface area contributed by atoms with E-state index in [0.717, 1.165) is 38.6 Å². The lowest BCUT2D eigenvalue weighted by Crippen LogP contribution is -2.13. The van der Waals surface area contributed by atoms with E-state index in [2.05, 4.69) is 29.8 Å². The molecule has 5 aromatic rings. The van der Waals surface area contributed by atoms with Gasteiger partial charge < -0.3 is 5.32 Å². The predicted molar refractivity (Wildman–Crippen MR) is 147 cm³/mol. The molecule has 0 aliphatic carbocycles. The molecule has 0 saturated carbocycles. The van der Waals surface area contributed by atoms with Crippen LogP contribution in [0.25, 0.3) is 33.5 Å². The Bertz CT molecular complexity index is 1470. The van der Waals surface area contributed by atoms with Gasteiger partial charge in [0.1, 0.15) is 5.01 Å². The highest BCUT2D eigenvalue weighted by Crippen LogP contribution is 2.31. The molecular weight excluding hydrogens is 448 g/mol. The second-order valence-electron chi connectivity index (χ2n) is 8.22. The van der Waals surface area contributed by atoms with Crippen LogP contribution < -0.4 is 5.32 Å². The van der Waals surface area contributed by atoms with E-state index in [1.165, 1.54) is 5.56 Å². The van der Waals surface area contributed by atoms with Gasteiger partial charge in [-0.25, -0.2) is 4.98 Å². The second-order valence-corrected chi connectivity index (χ2v) is 9.08. The molecule has 4 heteroatoms. The summed E-state index contributed by atoms with van der Waals surface area (Å²) in [5.74, 6) is -0.150. The van der Waals surface area contributed by atoms with Crippen LogP contribution in [0.1, 0.15) is 16.7 Å². The van der Waals surface area contributed by atoms with E-state index in [1.807, 2.05) is 103 Å². The van der Waals surface area contributed by atoms with Gasteiger partial charge in [0.05, 0.1) is 5.69 Å². The molecule has 1 amide bonds. The topological polar surface area (TPSA) is 42.0 Å². The van der Waals surface area contributed by atoms with Gasteiger partial charge in [0.25, 0.3) is 5.91 Å². The summed E-state index contributed by atoms with van der Waals surface area (Å²) in [7, 11) is 0. The molecule has 1 aromatic heterocycles. The van der Waals surface area contributed by atoms with E-state index in [-0.39, 0.29) is 5.91 Å². The van der Waals surface area contributed by atoms with Crippen LogP contribution in [-0.4, -0.2) is 10.9 Å². The van der Waals surface area contributed by atoms with Crippen LogP contribution in [0.2, 0.25) is 0 Å². The second kappa shape index (κ2) is 10.3. The monoisotopic (exact) mass is 472 g/mol. The zero-order chi connectivity index (χ0) is 24.0. The van der Waals surface area contributed by atoms with Crippen molar-refractivity contribution in [1.29, 1.82) is 0 Å². The van der Waals surface area contributed by atoms with Gasteiger partial charge in [-0.15, -0.1) is 11.3 Å². The van der Waals surface area contributed by atoms with Gasteiger partial charge >= 0.3 is 0 Å². The minimum atomic E-state index is -0.150. The van der Waals surface area contributed by atoms with Crippen LogP contribution in [0.3, 0.4) is 0 Å². The van der Waals surface area contributed by atoms with E-state index in [0.29, 0.717) is 5.57 Å². The first-order chi connectivity index (χ1) is 17.2. The maximum absolute atomic E-state index is 13.3. The summed E-state index contributed by atoms with van der Waals surface area (Å²) in [5, 5.41) is 6.14. The highest BCUT2D eigenvalue weighted by Gasteiger charge is 2.13. The average molecular weight is 473 g/mol. The highest BCUT2D eigenvalue weighted by atomic mass is 32.1. The third-order valence-electron chi connectivity index (χ3n) is 5.76. The van der Waals surface area contributed by atoms with E-state index in [9.17, 15) is 4.79 Å². The maximum atomic E-state index is 13.3. The predicted octanol–water partition coefficient (Wildman–Crippen LogP) is 7.96. The highest BCUT2D eigenvalue weighted by molar-refractivity contribution is 7.13. The number of carbonyl (C=O) groups is 1. The third kappa shape index (κ3) is 5.29. The SMILES string of the molecule is Cc1ccccc1-c1nc(-c2ccc(NC(=O)/C(=C\c3ccccc3)c3ccccc3)cc2)cs1. The zero-order valence-corrected chi connectivity index (χ0v) is 20.1. The Labute approximate surface area is 209 Å². The van der Waals surface area contributed by atoms with Gasteiger partial charge in [-0.3, -0.25) is 4.79 Å². The fraction of sp³-hybridized carbons (Fsp3) is 0.0323. The molecule has 0 fully saturated rings. The van der Waals surface area contributed by atoms with Crippen LogP contribution in [0.15, 0.2) is 115 Å². The number of aromatic nitrogens is 1. The number of amides is 1. The summed E-state index contributed by atoms with van der Waals surface area (Å²) in [6, 6.07) is 35.7. The third-order valence-corrected chi connectivity index (χ3v) is 6.63. The molecule has 0 atom stereocenters. The van der Waals surface area contributed by atoms with Gasteiger partial charge in [-0.1, -0.05) is 97.1 Å². The molecule has 170 valence electrons. The van der Waals surface area contributed by atoms with E-state index >= 15 is 0 Å². The summed E-state index contributed by atoms with van der Waals surface area (Å²) in [4.78, 5) is 18.1. The minimum absolute atomic E-state index is 0.150. The number of carbonyl (C=O) groups excluding carboxylic acids is 1. The van der Waals surface area contributed by atoms with E-state index in [1.54, 1.807) is 11.3 Å². The number of anilines is 1. The molecule has 0 unspecified atom stereocenters. The quantitative estimate of drug-likeness (QED) is 0.201. The number of thiazole rings is 1. The molecule has 0 aliphatic heterocycles. The van der Waals surface area contributed by atoms with Gasteiger partial charge in [0.15, 0.2) is 0 Å². The van der Waals surface area contributed by atoms with Crippen molar-refractivity contribution in [3.8, 4) is 21.8 Å². The molecule has 1 N–H and O–H groups in total.